The molecule has 1 fully saturated rings. The number of piperidine rings is 1. The van der Waals surface area contributed by atoms with Gasteiger partial charge in [0.25, 0.3) is 0 Å². The molecule has 168 valence electrons. The van der Waals surface area contributed by atoms with Gasteiger partial charge in [0.15, 0.2) is 0 Å². The van der Waals surface area contributed by atoms with E-state index in [-0.39, 0.29) is 6.61 Å². The molecule has 0 bridgehead atoms. The highest BCUT2D eigenvalue weighted by molar-refractivity contribution is 7.08. The number of rotatable bonds is 5. The van der Waals surface area contributed by atoms with Gasteiger partial charge in [-0.2, -0.15) is 24.5 Å². The molecule has 0 aromatic carbocycles. The minimum Gasteiger partial charge on any atom is -0.475 e. The molecule has 1 saturated heterocycles. The van der Waals surface area contributed by atoms with Crippen LogP contribution in [-0.4, -0.2) is 55.3 Å². The monoisotopic (exact) mass is 458 g/mol. The highest BCUT2D eigenvalue weighted by atomic mass is 32.1. The Morgan fingerprint density at radius 2 is 1.90 bits per heavy atom. The maximum atomic E-state index is 10.6. The maximum absolute atomic E-state index is 10.6. The molecule has 0 radical (unpaired) electrons. The van der Waals surface area contributed by atoms with Crippen molar-refractivity contribution < 1.29 is 32.6 Å². The van der Waals surface area contributed by atoms with Crippen LogP contribution in [-0.2, 0) is 17.9 Å². The average molecular weight is 458 g/mol. The van der Waals surface area contributed by atoms with Gasteiger partial charge in [-0.25, -0.2) is 9.48 Å². The Morgan fingerprint density at radius 1 is 1.23 bits per heavy atom. The first-order chi connectivity index (χ1) is 14.8. The molecule has 0 spiro atoms. The number of aliphatic hydroxyl groups is 1. The fourth-order valence-corrected chi connectivity index (χ4v) is 3.80. The van der Waals surface area contributed by atoms with Crippen LogP contribution in [0.15, 0.2) is 39.6 Å². The van der Waals surface area contributed by atoms with Crippen molar-refractivity contribution in [2.45, 2.75) is 38.2 Å². The number of nitrogens with zero attached hydrogens (tertiary/aromatic N) is 4. The van der Waals surface area contributed by atoms with Gasteiger partial charge in [0.05, 0.1) is 18.8 Å². The smallest absolute Gasteiger partial charge is 0.475 e. The SMILES string of the molecule is O=C(O)C(F)(F)F.OCc1ccc(CN2CCC(n3cc(-c4ccsc4)nn3)CC2)o1. The number of aliphatic hydroxyl groups excluding tert-OH is 1. The first-order valence-electron chi connectivity index (χ1n) is 9.41. The van der Waals surface area contributed by atoms with E-state index in [2.05, 4.69) is 38.2 Å². The van der Waals surface area contributed by atoms with Crippen molar-refractivity contribution in [1.29, 1.82) is 0 Å². The Morgan fingerprint density at radius 3 is 2.45 bits per heavy atom. The summed E-state index contributed by atoms with van der Waals surface area (Å²) in [4.78, 5) is 11.3. The Hall–Kier alpha value is -2.70. The molecule has 0 amide bonds. The summed E-state index contributed by atoms with van der Waals surface area (Å²) in [6, 6.07) is 6.27. The molecule has 0 atom stereocenters. The average Bonchev–Trinajstić information content (AvgIpc) is 3.49. The molecule has 3 aromatic heterocycles. The molecule has 4 heterocycles. The van der Waals surface area contributed by atoms with Crippen molar-refractivity contribution in [3.8, 4) is 11.3 Å². The normalized spacial score (nSPS) is 15.5. The first-order valence-corrected chi connectivity index (χ1v) is 10.4. The molecule has 0 aliphatic carbocycles. The van der Waals surface area contributed by atoms with E-state index in [1.54, 1.807) is 11.3 Å². The second kappa shape index (κ2) is 10.1. The maximum Gasteiger partial charge on any atom is 0.490 e. The Bertz CT molecular complexity index is 963. The van der Waals surface area contributed by atoms with Crippen molar-refractivity contribution in [1.82, 2.24) is 19.9 Å². The van der Waals surface area contributed by atoms with Crippen LogP contribution in [0.1, 0.15) is 30.4 Å². The van der Waals surface area contributed by atoms with Crippen LogP contribution < -0.4 is 0 Å². The third-order valence-electron chi connectivity index (χ3n) is 4.75. The van der Waals surface area contributed by atoms with Gasteiger partial charge >= 0.3 is 12.1 Å². The van der Waals surface area contributed by atoms with E-state index in [0.717, 1.165) is 49.5 Å². The summed E-state index contributed by atoms with van der Waals surface area (Å²) >= 11 is 1.68. The Kier molecular flexibility index (Phi) is 7.46. The number of carboxylic acid groups (broad SMARTS) is 1. The lowest BCUT2D eigenvalue weighted by Crippen LogP contribution is -2.34. The Balaban J connectivity index is 0.000000339. The summed E-state index contributed by atoms with van der Waals surface area (Å²) in [6.45, 7) is 2.77. The van der Waals surface area contributed by atoms with Crippen molar-refractivity contribution in [2.75, 3.05) is 13.1 Å². The quantitative estimate of drug-likeness (QED) is 0.602. The molecule has 1 aliphatic rings. The fraction of sp³-hybridized carbons (Fsp3) is 0.421. The number of thiophene rings is 1. The van der Waals surface area contributed by atoms with Gasteiger partial charge in [-0.3, -0.25) is 4.90 Å². The summed E-state index contributed by atoms with van der Waals surface area (Å²) < 4.78 is 39.3. The fourth-order valence-electron chi connectivity index (χ4n) is 3.15. The molecule has 2 N–H and O–H groups in total. The van der Waals surface area contributed by atoms with Gasteiger partial charge in [0, 0.05) is 24.0 Å². The van der Waals surface area contributed by atoms with Crippen molar-refractivity contribution in [3.05, 3.63) is 46.7 Å². The van der Waals surface area contributed by atoms with Crippen LogP contribution in [0.25, 0.3) is 11.3 Å². The minimum absolute atomic E-state index is 0.0408. The number of aromatic nitrogens is 3. The van der Waals surface area contributed by atoms with E-state index < -0.39 is 12.1 Å². The van der Waals surface area contributed by atoms with Crippen LogP contribution in [0.3, 0.4) is 0 Å². The van der Waals surface area contributed by atoms with E-state index in [1.165, 1.54) is 0 Å². The number of furan rings is 1. The molecule has 8 nitrogen and oxygen atoms in total. The van der Waals surface area contributed by atoms with Crippen LogP contribution in [0.4, 0.5) is 13.2 Å². The molecule has 12 heteroatoms. The number of carbonyl (C=O) groups is 1. The zero-order valence-electron chi connectivity index (χ0n) is 16.3. The summed E-state index contributed by atoms with van der Waals surface area (Å²) in [7, 11) is 0. The number of likely N-dealkylation sites (tertiary alicyclic amines) is 1. The topological polar surface area (TPSA) is 105 Å². The third kappa shape index (κ3) is 6.39. The van der Waals surface area contributed by atoms with E-state index in [1.807, 2.05) is 16.8 Å². The predicted molar refractivity (Wildman–Crippen MR) is 105 cm³/mol. The zero-order valence-corrected chi connectivity index (χ0v) is 17.1. The molecular formula is C19H21F3N4O4S. The molecule has 4 rings (SSSR count). The zero-order chi connectivity index (χ0) is 22.4. The number of aliphatic carboxylic acids is 1. The Labute approximate surface area is 179 Å². The van der Waals surface area contributed by atoms with E-state index in [9.17, 15) is 13.2 Å². The van der Waals surface area contributed by atoms with Crippen molar-refractivity contribution >= 4 is 17.3 Å². The van der Waals surface area contributed by atoms with E-state index in [0.29, 0.717) is 11.8 Å². The molecule has 3 aromatic rings. The van der Waals surface area contributed by atoms with Crippen LogP contribution in [0.2, 0.25) is 0 Å². The lowest BCUT2D eigenvalue weighted by molar-refractivity contribution is -0.192. The highest BCUT2D eigenvalue weighted by Crippen LogP contribution is 2.26. The van der Waals surface area contributed by atoms with Crippen LogP contribution in [0, 0.1) is 0 Å². The van der Waals surface area contributed by atoms with Crippen molar-refractivity contribution in [2.24, 2.45) is 0 Å². The number of hydrogen-bond acceptors (Lipinski definition) is 7. The van der Waals surface area contributed by atoms with Gasteiger partial charge in [0.1, 0.15) is 23.8 Å². The van der Waals surface area contributed by atoms with Crippen LogP contribution in [0.5, 0.6) is 0 Å². The highest BCUT2D eigenvalue weighted by Gasteiger charge is 2.38. The number of halogens is 3. The number of alkyl halides is 3. The molecule has 0 saturated carbocycles. The second-order valence-electron chi connectivity index (χ2n) is 6.93. The van der Waals surface area contributed by atoms with Gasteiger partial charge in [-0.15, -0.1) is 5.10 Å². The van der Waals surface area contributed by atoms with E-state index >= 15 is 0 Å². The molecular weight excluding hydrogens is 437 g/mol. The molecule has 1 aliphatic heterocycles. The minimum atomic E-state index is -5.08. The largest absolute Gasteiger partial charge is 0.490 e. The van der Waals surface area contributed by atoms with Gasteiger partial charge in [-0.05, 0) is 36.4 Å². The third-order valence-corrected chi connectivity index (χ3v) is 5.44. The summed E-state index contributed by atoms with van der Waals surface area (Å²) in [5.74, 6) is -1.21. The van der Waals surface area contributed by atoms with Crippen molar-refractivity contribution in [3.63, 3.8) is 0 Å². The second-order valence-corrected chi connectivity index (χ2v) is 7.71. The summed E-state index contributed by atoms with van der Waals surface area (Å²) in [5, 5.41) is 29.0. The van der Waals surface area contributed by atoms with Gasteiger partial charge in [0.2, 0.25) is 0 Å². The number of carboxylic acids is 1. The van der Waals surface area contributed by atoms with Crippen LogP contribution >= 0.6 is 11.3 Å². The molecule has 31 heavy (non-hydrogen) atoms. The first kappa shape index (κ1) is 23.0. The van der Waals surface area contributed by atoms with Gasteiger partial charge < -0.3 is 14.6 Å². The lowest BCUT2D eigenvalue weighted by atomic mass is 10.1. The number of hydrogen-bond donors (Lipinski definition) is 2. The lowest BCUT2D eigenvalue weighted by Gasteiger charge is -2.31. The predicted octanol–water partition coefficient (Wildman–Crippen LogP) is 3.56. The summed E-state index contributed by atoms with van der Waals surface area (Å²) in [6.07, 6.45) is -0.914. The summed E-state index contributed by atoms with van der Waals surface area (Å²) in [5.41, 5.74) is 2.09. The standard InChI is InChI=1S/C17H20N4O2S.C2HF3O2/c22-11-16-2-1-15(23-16)9-20-6-3-14(4-7-20)21-10-17(18-19-21)13-5-8-24-12-13;3-2(4,5)1(6)7/h1-2,5,8,10,12,14,22H,3-4,6-7,9,11H2;(H,6,7). The van der Waals surface area contributed by atoms with Gasteiger partial charge in [-0.1, -0.05) is 5.21 Å². The molecule has 0 unspecified atom stereocenters. The van der Waals surface area contributed by atoms with E-state index in [4.69, 9.17) is 19.4 Å².